The third-order valence-electron chi connectivity index (χ3n) is 3.33. The maximum Gasteiger partial charge on any atom is 0.234 e. The molecular formula is C14H20FN3O. The van der Waals surface area contributed by atoms with Crippen LogP contribution < -0.4 is 10.6 Å². The van der Waals surface area contributed by atoms with Gasteiger partial charge in [0, 0.05) is 31.7 Å². The third-order valence-corrected chi connectivity index (χ3v) is 3.33. The van der Waals surface area contributed by atoms with E-state index >= 15 is 0 Å². The van der Waals surface area contributed by atoms with Crippen LogP contribution in [0.25, 0.3) is 0 Å². The standard InChI is InChI=1S/C14H20FN3O/c1-11(12-4-2-3-5-13(12)15)17-14(19)10-18-8-6-16-7-9-18/h2-5,11,16H,6-10H2,1H3,(H,17,19)/t11-/m1/s1. The van der Waals surface area contributed by atoms with Gasteiger partial charge in [-0.1, -0.05) is 18.2 Å². The normalized spacial score (nSPS) is 18.0. The molecule has 1 amide bonds. The first-order chi connectivity index (χ1) is 9.16. The van der Waals surface area contributed by atoms with E-state index in [9.17, 15) is 9.18 Å². The Balaban J connectivity index is 1.86. The van der Waals surface area contributed by atoms with Crippen LogP contribution in [0.15, 0.2) is 24.3 Å². The van der Waals surface area contributed by atoms with Crippen molar-refractivity contribution in [1.29, 1.82) is 0 Å². The van der Waals surface area contributed by atoms with Crippen molar-refractivity contribution in [2.75, 3.05) is 32.7 Å². The van der Waals surface area contributed by atoms with Crippen LogP contribution in [0.4, 0.5) is 4.39 Å². The monoisotopic (exact) mass is 265 g/mol. The fraction of sp³-hybridized carbons (Fsp3) is 0.500. The fourth-order valence-corrected chi connectivity index (χ4v) is 2.26. The molecule has 4 nitrogen and oxygen atoms in total. The van der Waals surface area contributed by atoms with Gasteiger partial charge in [0.25, 0.3) is 0 Å². The second-order valence-corrected chi connectivity index (χ2v) is 4.84. The van der Waals surface area contributed by atoms with E-state index in [1.54, 1.807) is 25.1 Å². The van der Waals surface area contributed by atoms with Crippen molar-refractivity contribution in [2.45, 2.75) is 13.0 Å². The van der Waals surface area contributed by atoms with Crippen LogP contribution in [0.2, 0.25) is 0 Å². The molecule has 1 aliphatic heterocycles. The van der Waals surface area contributed by atoms with Crippen LogP contribution in [-0.4, -0.2) is 43.5 Å². The van der Waals surface area contributed by atoms with Crippen molar-refractivity contribution in [3.8, 4) is 0 Å². The molecule has 1 heterocycles. The Kier molecular flexibility index (Phi) is 4.87. The van der Waals surface area contributed by atoms with Crippen LogP contribution >= 0.6 is 0 Å². The predicted molar refractivity (Wildman–Crippen MR) is 72.3 cm³/mol. The molecule has 1 fully saturated rings. The number of carbonyl (C=O) groups is 1. The number of amides is 1. The minimum Gasteiger partial charge on any atom is -0.348 e. The van der Waals surface area contributed by atoms with Gasteiger partial charge in [-0.25, -0.2) is 4.39 Å². The topological polar surface area (TPSA) is 44.4 Å². The number of benzene rings is 1. The summed E-state index contributed by atoms with van der Waals surface area (Å²) < 4.78 is 13.6. The molecule has 0 aliphatic carbocycles. The molecule has 1 aromatic rings. The lowest BCUT2D eigenvalue weighted by molar-refractivity contribution is -0.123. The second kappa shape index (κ2) is 6.63. The van der Waals surface area contributed by atoms with Crippen molar-refractivity contribution in [3.63, 3.8) is 0 Å². The molecule has 1 aliphatic rings. The Labute approximate surface area is 113 Å². The minimum atomic E-state index is -0.309. The summed E-state index contributed by atoms with van der Waals surface area (Å²) in [5.41, 5.74) is 0.524. The lowest BCUT2D eigenvalue weighted by Crippen LogP contribution is -2.47. The van der Waals surface area contributed by atoms with Crippen molar-refractivity contribution in [2.24, 2.45) is 0 Å². The minimum absolute atomic E-state index is 0.0577. The van der Waals surface area contributed by atoms with E-state index in [0.717, 1.165) is 26.2 Å². The van der Waals surface area contributed by atoms with Crippen LogP contribution in [0.5, 0.6) is 0 Å². The third kappa shape index (κ3) is 4.01. The summed E-state index contributed by atoms with van der Waals surface area (Å²) in [7, 11) is 0. The quantitative estimate of drug-likeness (QED) is 0.850. The summed E-state index contributed by atoms with van der Waals surface area (Å²) in [6.45, 7) is 5.75. The van der Waals surface area contributed by atoms with Gasteiger partial charge < -0.3 is 10.6 Å². The Bertz CT molecular complexity index is 432. The number of hydrogen-bond acceptors (Lipinski definition) is 3. The lowest BCUT2D eigenvalue weighted by Gasteiger charge is -2.27. The zero-order valence-corrected chi connectivity index (χ0v) is 11.2. The second-order valence-electron chi connectivity index (χ2n) is 4.84. The van der Waals surface area contributed by atoms with Crippen LogP contribution in [0, 0.1) is 5.82 Å². The molecule has 0 unspecified atom stereocenters. The lowest BCUT2D eigenvalue weighted by atomic mass is 10.1. The van der Waals surface area contributed by atoms with Crippen molar-refractivity contribution in [3.05, 3.63) is 35.6 Å². The van der Waals surface area contributed by atoms with E-state index < -0.39 is 0 Å². The molecule has 0 bridgehead atoms. The van der Waals surface area contributed by atoms with Gasteiger partial charge in [-0.2, -0.15) is 0 Å². The number of rotatable bonds is 4. The van der Waals surface area contributed by atoms with Crippen molar-refractivity contribution < 1.29 is 9.18 Å². The summed E-state index contributed by atoms with van der Waals surface area (Å²) in [5, 5.41) is 6.08. The Morgan fingerprint density at radius 2 is 2.11 bits per heavy atom. The Morgan fingerprint density at radius 1 is 1.42 bits per heavy atom. The summed E-state index contributed by atoms with van der Waals surface area (Å²) in [6.07, 6.45) is 0. The average Bonchev–Trinajstić information content (AvgIpc) is 2.40. The van der Waals surface area contributed by atoms with Gasteiger partial charge in [-0.3, -0.25) is 9.69 Å². The number of piperazine rings is 1. The molecule has 1 aromatic carbocycles. The maximum atomic E-state index is 13.6. The van der Waals surface area contributed by atoms with E-state index in [0.29, 0.717) is 12.1 Å². The molecule has 0 saturated carbocycles. The molecule has 0 spiro atoms. The predicted octanol–water partition coefficient (Wildman–Crippen LogP) is 0.908. The Morgan fingerprint density at radius 3 is 2.79 bits per heavy atom. The summed E-state index contributed by atoms with van der Waals surface area (Å²) >= 11 is 0. The first-order valence-electron chi connectivity index (χ1n) is 6.63. The van der Waals surface area contributed by atoms with Crippen LogP contribution in [0.3, 0.4) is 0 Å². The van der Waals surface area contributed by atoms with Gasteiger partial charge in [-0.05, 0) is 13.0 Å². The number of halogens is 1. The summed E-state index contributed by atoms with van der Waals surface area (Å²) in [4.78, 5) is 14.0. The number of carbonyl (C=O) groups excluding carboxylic acids is 1. The fourth-order valence-electron chi connectivity index (χ4n) is 2.26. The highest BCUT2D eigenvalue weighted by Crippen LogP contribution is 2.15. The van der Waals surface area contributed by atoms with Crippen LogP contribution in [-0.2, 0) is 4.79 Å². The Hall–Kier alpha value is -1.46. The van der Waals surface area contributed by atoms with Crippen molar-refractivity contribution >= 4 is 5.91 Å². The van der Waals surface area contributed by atoms with E-state index in [1.165, 1.54) is 6.07 Å². The largest absolute Gasteiger partial charge is 0.348 e. The molecule has 0 radical (unpaired) electrons. The number of nitrogens with one attached hydrogen (secondary N) is 2. The van der Waals surface area contributed by atoms with Gasteiger partial charge in [0.1, 0.15) is 5.82 Å². The zero-order chi connectivity index (χ0) is 13.7. The van der Waals surface area contributed by atoms with E-state index in [-0.39, 0.29) is 17.8 Å². The average molecular weight is 265 g/mol. The van der Waals surface area contributed by atoms with Crippen LogP contribution in [0.1, 0.15) is 18.5 Å². The molecule has 0 aromatic heterocycles. The van der Waals surface area contributed by atoms with Gasteiger partial charge in [0.15, 0.2) is 0 Å². The van der Waals surface area contributed by atoms with Gasteiger partial charge in [0.05, 0.1) is 12.6 Å². The molecule has 1 atom stereocenters. The van der Waals surface area contributed by atoms with Gasteiger partial charge in [-0.15, -0.1) is 0 Å². The molecular weight excluding hydrogens is 245 g/mol. The SMILES string of the molecule is C[C@@H](NC(=O)CN1CCNCC1)c1ccccc1F. The van der Waals surface area contributed by atoms with E-state index in [1.807, 2.05) is 0 Å². The van der Waals surface area contributed by atoms with Gasteiger partial charge >= 0.3 is 0 Å². The molecule has 2 N–H and O–H groups in total. The molecule has 19 heavy (non-hydrogen) atoms. The van der Waals surface area contributed by atoms with Crippen molar-refractivity contribution in [1.82, 2.24) is 15.5 Å². The number of nitrogens with zero attached hydrogens (tertiary/aromatic N) is 1. The first-order valence-corrected chi connectivity index (χ1v) is 6.63. The highest BCUT2D eigenvalue weighted by Gasteiger charge is 2.16. The highest BCUT2D eigenvalue weighted by atomic mass is 19.1. The zero-order valence-electron chi connectivity index (χ0n) is 11.2. The van der Waals surface area contributed by atoms with Gasteiger partial charge in [0.2, 0.25) is 5.91 Å². The van der Waals surface area contributed by atoms with E-state index in [4.69, 9.17) is 0 Å². The smallest absolute Gasteiger partial charge is 0.234 e. The summed E-state index contributed by atoms with van der Waals surface area (Å²) in [5.74, 6) is -0.338. The molecule has 2 rings (SSSR count). The van der Waals surface area contributed by atoms with E-state index in [2.05, 4.69) is 15.5 Å². The molecule has 5 heteroatoms. The number of hydrogen-bond donors (Lipinski definition) is 2. The summed E-state index contributed by atoms with van der Waals surface area (Å²) in [6, 6.07) is 6.22. The molecule has 104 valence electrons. The maximum absolute atomic E-state index is 13.6. The molecule has 1 saturated heterocycles. The first kappa shape index (κ1) is 14.0. The highest BCUT2D eigenvalue weighted by molar-refractivity contribution is 5.78.